The molecule has 0 heterocycles. The van der Waals surface area contributed by atoms with Crippen LogP contribution in [0.25, 0.3) is 0 Å². The van der Waals surface area contributed by atoms with Gasteiger partial charge in [0.05, 0.1) is 26.4 Å². The normalized spacial score (nSPS) is 15.2. The van der Waals surface area contributed by atoms with Crippen LogP contribution in [0.1, 0.15) is 16.7 Å². The van der Waals surface area contributed by atoms with E-state index in [2.05, 4.69) is 29.6 Å². The molecule has 2 N–H and O–H groups in total. The molecule has 0 bridgehead atoms. The maximum Gasteiger partial charge on any atom is 0.118 e. The van der Waals surface area contributed by atoms with Crippen molar-refractivity contribution in [1.82, 2.24) is 5.32 Å². The molecular weight excluding hydrogens is 302 g/mol. The van der Waals surface area contributed by atoms with Crippen LogP contribution in [-0.2, 0) is 24.2 Å². The van der Waals surface area contributed by atoms with Crippen LogP contribution in [-0.4, -0.2) is 37.5 Å². The summed E-state index contributed by atoms with van der Waals surface area (Å²) >= 11 is 0. The first-order chi connectivity index (χ1) is 11.7. The first-order valence-electron chi connectivity index (χ1n) is 8.43. The van der Waals surface area contributed by atoms with E-state index >= 15 is 0 Å². The Bertz CT molecular complexity index is 617. The molecule has 1 atom stereocenters. The second-order valence-electron chi connectivity index (χ2n) is 6.30. The third-order valence-corrected chi connectivity index (χ3v) is 4.43. The maximum absolute atomic E-state index is 10.1. The van der Waals surface area contributed by atoms with Crippen molar-refractivity contribution in [3.8, 4) is 5.75 Å². The van der Waals surface area contributed by atoms with E-state index in [1.807, 2.05) is 24.3 Å². The molecule has 2 aromatic carbocycles. The lowest BCUT2D eigenvalue weighted by molar-refractivity contribution is 0.0277. The smallest absolute Gasteiger partial charge is 0.118 e. The van der Waals surface area contributed by atoms with Gasteiger partial charge in [-0.15, -0.1) is 0 Å². The Morgan fingerprint density at radius 2 is 1.75 bits per heavy atom. The second-order valence-corrected chi connectivity index (χ2v) is 6.30. The predicted octanol–water partition coefficient (Wildman–Crippen LogP) is 2.33. The Kier molecular flexibility index (Phi) is 5.86. The highest BCUT2D eigenvalue weighted by Gasteiger charge is 2.20. The van der Waals surface area contributed by atoms with Crippen molar-refractivity contribution < 1.29 is 14.6 Å². The molecule has 24 heavy (non-hydrogen) atoms. The number of fused-ring (bicyclic) bond motifs is 1. The molecule has 0 unspecified atom stereocenters. The summed E-state index contributed by atoms with van der Waals surface area (Å²) in [4.78, 5) is 0. The zero-order valence-corrected chi connectivity index (χ0v) is 14.1. The summed E-state index contributed by atoms with van der Waals surface area (Å²) in [6.07, 6.45) is 1.58. The van der Waals surface area contributed by atoms with Gasteiger partial charge < -0.3 is 19.9 Å². The van der Waals surface area contributed by atoms with Gasteiger partial charge in [0.1, 0.15) is 5.75 Å². The standard InChI is InChI=1S/C20H25NO3/c1-23-20-8-6-15(7-9-20)13-24-14-19(22)12-21-18-10-16-4-2-3-5-17(16)11-18/h2-9,18-19,21-22H,10-14H2,1H3/t19-/m1/s1. The molecule has 128 valence electrons. The Morgan fingerprint density at radius 1 is 1.08 bits per heavy atom. The highest BCUT2D eigenvalue weighted by molar-refractivity contribution is 5.33. The molecule has 3 rings (SSSR count). The minimum Gasteiger partial charge on any atom is -0.497 e. The lowest BCUT2D eigenvalue weighted by atomic mass is 10.1. The number of hydrogen-bond donors (Lipinski definition) is 2. The summed E-state index contributed by atoms with van der Waals surface area (Å²) in [5, 5.41) is 13.5. The molecule has 0 spiro atoms. The van der Waals surface area contributed by atoms with Crippen molar-refractivity contribution in [2.45, 2.75) is 31.6 Å². The van der Waals surface area contributed by atoms with Gasteiger partial charge in [0, 0.05) is 12.6 Å². The Labute approximate surface area is 143 Å². The van der Waals surface area contributed by atoms with Gasteiger partial charge in [0.25, 0.3) is 0 Å². The zero-order valence-electron chi connectivity index (χ0n) is 14.1. The summed E-state index contributed by atoms with van der Waals surface area (Å²) in [5.41, 5.74) is 3.91. The number of benzene rings is 2. The SMILES string of the molecule is COc1ccc(COC[C@H](O)CNC2Cc3ccccc3C2)cc1. The average molecular weight is 327 g/mol. The summed E-state index contributed by atoms with van der Waals surface area (Å²) in [6.45, 7) is 1.38. The van der Waals surface area contributed by atoms with Crippen LogP contribution in [0, 0.1) is 0 Å². The second kappa shape index (κ2) is 8.29. The fourth-order valence-electron chi connectivity index (χ4n) is 3.10. The van der Waals surface area contributed by atoms with Gasteiger partial charge in [-0.2, -0.15) is 0 Å². The van der Waals surface area contributed by atoms with E-state index in [9.17, 15) is 5.11 Å². The highest BCUT2D eigenvalue weighted by atomic mass is 16.5. The van der Waals surface area contributed by atoms with Gasteiger partial charge in [-0.1, -0.05) is 36.4 Å². The molecule has 0 radical (unpaired) electrons. The van der Waals surface area contributed by atoms with E-state index in [1.54, 1.807) is 7.11 Å². The fourth-order valence-corrected chi connectivity index (χ4v) is 3.10. The number of ether oxygens (including phenoxy) is 2. The minimum atomic E-state index is -0.494. The van der Waals surface area contributed by atoms with Crippen molar-refractivity contribution in [2.75, 3.05) is 20.3 Å². The molecule has 2 aromatic rings. The molecule has 0 saturated heterocycles. The maximum atomic E-state index is 10.1. The third-order valence-electron chi connectivity index (χ3n) is 4.43. The topological polar surface area (TPSA) is 50.7 Å². The van der Waals surface area contributed by atoms with E-state index in [-0.39, 0.29) is 0 Å². The van der Waals surface area contributed by atoms with Crippen molar-refractivity contribution in [3.05, 3.63) is 65.2 Å². The van der Waals surface area contributed by atoms with Crippen LogP contribution in [0.2, 0.25) is 0 Å². The summed E-state index contributed by atoms with van der Waals surface area (Å²) in [7, 11) is 1.65. The fraction of sp³-hybridized carbons (Fsp3) is 0.400. The number of aliphatic hydroxyl groups excluding tert-OH is 1. The third kappa shape index (κ3) is 4.57. The van der Waals surface area contributed by atoms with Gasteiger partial charge in [-0.05, 0) is 41.7 Å². The van der Waals surface area contributed by atoms with Gasteiger partial charge in [-0.25, -0.2) is 0 Å². The Hall–Kier alpha value is -1.88. The molecule has 1 aliphatic carbocycles. The van der Waals surface area contributed by atoms with Gasteiger partial charge >= 0.3 is 0 Å². The zero-order chi connectivity index (χ0) is 16.8. The number of methoxy groups -OCH3 is 1. The van der Waals surface area contributed by atoms with E-state index < -0.39 is 6.10 Å². The van der Waals surface area contributed by atoms with Crippen LogP contribution in [0.4, 0.5) is 0 Å². The van der Waals surface area contributed by atoms with Crippen molar-refractivity contribution in [3.63, 3.8) is 0 Å². The van der Waals surface area contributed by atoms with Crippen LogP contribution in [0.5, 0.6) is 5.75 Å². The van der Waals surface area contributed by atoms with E-state index in [1.165, 1.54) is 11.1 Å². The van der Waals surface area contributed by atoms with E-state index in [0.29, 0.717) is 25.8 Å². The van der Waals surface area contributed by atoms with Crippen molar-refractivity contribution in [2.24, 2.45) is 0 Å². The van der Waals surface area contributed by atoms with Gasteiger partial charge in [0.15, 0.2) is 0 Å². The molecule has 0 amide bonds. The van der Waals surface area contributed by atoms with E-state index in [4.69, 9.17) is 9.47 Å². The number of hydrogen-bond acceptors (Lipinski definition) is 4. The molecule has 0 aromatic heterocycles. The predicted molar refractivity (Wildman–Crippen MR) is 94.3 cm³/mol. The molecule has 1 aliphatic rings. The number of rotatable bonds is 8. The molecule has 0 saturated carbocycles. The Balaban J connectivity index is 1.34. The molecular formula is C20H25NO3. The lowest BCUT2D eigenvalue weighted by Gasteiger charge is -2.16. The van der Waals surface area contributed by atoms with Crippen LogP contribution in [0.3, 0.4) is 0 Å². The Morgan fingerprint density at radius 3 is 2.38 bits per heavy atom. The highest BCUT2D eigenvalue weighted by Crippen LogP contribution is 2.21. The summed E-state index contributed by atoms with van der Waals surface area (Å²) in [6, 6.07) is 16.7. The van der Waals surface area contributed by atoms with Crippen LogP contribution < -0.4 is 10.1 Å². The molecule has 4 heteroatoms. The quantitative estimate of drug-likeness (QED) is 0.781. The monoisotopic (exact) mass is 327 g/mol. The number of nitrogens with one attached hydrogen (secondary N) is 1. The molecule has 4 nitrogen and oxygen atoms in total. The average Bonchev–Trinajstić information content (AvgIpc) is 3.03. The van der Waals surface area contributed by atoms with Crippen molar-refractivity contribution >= 4 is 0 Å². The van der Waals surface area contributed by atoms with Crippen LogP contribution >= 0.6 is 0 Å². The summed E-state index contributed by atoms with van der Waals surface area (Å²) < 4.78 is 10.7. The van der Waals surface area contributed by atoms with Gasteiger partial charge in [0.2, 0.25) is 0 Å². The number of aliphatic hydroxyl groups is 1. The minimum absolute atomic E-state index is 0.332. The van der Waals surface area contributed by atoms with Gasteiger partial charge in [-0.3, -0.25) is 0 Å². The molecule has 0 aliphatic heterocycles. The largest absolute Gasteiger partial charge is 0.497 e. The van der Waals surface area contributed by atoms with Crippen LogP contribution in [0.15, 0.2) is 48.5 Å². The molecule has 0 fully saturated rings. The first-order valence-corrected chi connectivity index (χ1v) is 8.43. The first kappa shape index (κ1) is 17.0. The van der Waals surface area contributed by atoms with E-state index in [0.717, 1.165) is 24.2 Å². The summed E-state index contributed by atoms with van der Waals surface area (Å²) in [5.74, 6) is 0.834. The van der Waals surface area contributed by atoms with Crippen molar-refractivity contribution in [1.29, 1.82) is 0 Å². The lowest BCUT2D eigenvalue weighted by Crippen LogP contribution is -2.37.